The zero-order valence-corrected chi connectivity index (χ0v) is 8.01. The monoisotopic (exact) mass is 194 g/mol. The van der Waals surface area contributed by atoms with Crippen molar-refractivity contribution in [2.75, 3.05) is 20.3 Å². The third-order valence-electron chi connectivity index (χ3n) is 1.76. The highest BCUT2D eigenvalue weighted by Gasteiger charge is 2.21. The van der Waals surface area contributed by atoms with Crippen LogP contribution in [0, 0.1) is 0 Å². The lowest BCUT2D eigenvalue weighted by molar-refractivity contribution is -0.198. The molecule has 0 aromatic heterocycles. The van der Waals surface area contributed by atoms with E-state index in [9.17, 15) is 5.11 Å². The molecule has 0 aromatic rings. The highest BCUT2D eigenvalue weighted by atomic mass is 16.7. The summed E-state index contributed by atoms with van der Waals surface area (Å²) in [5.74, 6) is 0. The van der Waals surface area contributed by atoms with Gasteiger partial charge in [0.15, 0.2) is 6.29 Å². The van der Waals surface area contributed by atoms with Crippen molar-refractivity contribution in [1.29, 1.82) is 0 Å². The molecule has 5 heteroatoms. The standard InChI is InChI=1S/C8H18O5/c1-3-7(6(11)4-9)13-8(5-10)12-2/h6-11H,3-5H2,1-2H3. The summed E-state index contributed by atoms with van der Waals surface area (Å²) in [5.41, 5.74) is 0. The predicted molar refractivity (Wildman–Crippen MR) is 46.1 cm³/mol. The summed E-state index contributed by atoms with van der Waals surface area (Å²) in [6.07, 6.45) is -1.65. The van der Waals surface area contributed by atoms with E-state index in [4.69, 9.17) is 19.7 Å². The number of rotatable bonds is 7. The molecular formula is C8H18O5. The third-order valence-corrected chi connectivity index (χ3v) is 1.76. The van der Waals surface area contributed by atoms with Crippen LogP contribution >= 0.6 is 0 Å². The van der Waals surface area contributed by atoms with Gasteiger partial charge in [0.2, 0.25) is 0 Å². The van der Waals surface area contributed by atoms with E-state index in [1.165, 1.54) is 7.11 Å². The maximum Gasteiger partial charge on any atom is 0.180 e. The number of hydrogen-bond acceptors (Lipinski definition) is 5. The molecule has 3 N–H and O–H groups in total. The molecule has 5 nitrogen and oxygen atoms in total. The van der Waals surface area contributed by atoms with Crippen molar-refractivity contribution in [3.8, 4) is 0 Å². The van der Waals surface area contributed by atoms with Crippen molar-refractivity contribution >= 4 is 0 Å². The number of methoxy groups -OCH3 is 1. The topological polar surface area (TPSA) is 79.2 Å². The lowest BCUT2D eigenvalue weighted by atomic mass is 10.1. The van der Waals surface area contributed by atoms with Crippen LogP contribution in [0.2, 0.25) is 0 Å². The van der Waals surface area contributed by atoms with Crippen LogP contribution in [0.15, 0.2) is 0 Å². The summed E-state index contributed by atoms with van der Waals surface area (Å²) in [4.78, 5) is 0. The molecule has 0 bridgehead atoms. The fraction of sp³-hybridized carbons (Fsp3) is 1.00. The lowest BCUT2D eigenvalue weighted by Gasteiger charge is -2.24. The first kappa shape index (κ1) is 12.8. The van der Waals surface area contributed by atoms with Gasteiger partial charge < -0.3 is 24.8 Å². The van der Waals surface area contributed by atoms with E-state index in [0.29, 0.717) is 6.42 Å². The Kier molecular flexibility index (Phi) is 7.12. The van der Waals surface area contributed by atoms with E-state index in [2.05, 4.69) is 0 Å². The number of hydrogen-bond donors (Lipinski definition) is 3. The van der Waals surface area contributed by atoms with E-state index in [1.807, 2.05) is 6.92 Å². The van der Waals surface area contributed by atoms with Crippen LogP contribution in [-0.2, 0) is 9.47 Å². The van der Waals surface area contributed by atoms with Crippen molar-refractivity contribution in [2.45, 2.75) is 31.8 Å². The average molecular weight is 194 g/mol. The van der Waals surface area contributed by atoms with Gasteiger partial charge in [-0.1, -0.05) is 6.92 Å². The SMILES string of the molecule is CCC(OC(CO)OC)C(O)CO. The molecule has 0 amide bonds. The minimum absolute atomic E-state index is 0.273. The molecule has 0 spiro atoms. The molecule has 0 heterocycles. The summed E-state index contributed by atoms with van der Waals surface area (Å²) in [6, 6.07) is 0. The second-order valence-corrected chi connectivity index (χ2v) is 2.68. The predicted octanol–water partition coefficient (Wildman–Crippen LogP) is -0.900. The van der Waals surface area contributed by atoms with Crippen LogP contribution in [0.3, 0.4) is 0 Å². The van der Waals surface area contributed by atoms with Crippen molar-refractivity contribution in [2.24, 2.45) is 0 Å². The van der Waals surface area contributed by atoms with Crippen molar-refractivity contribution in [1.82, 2.24) is 0 Å². The van der Waals surface area contributed by atoms with Gasteiger partial charge >= 0.3 is 0 Å². The van der Waals surface area contributed by atoms with Crippen LogP contribution < -0.4 is 0 Å². The van der Waals surface area contributed by atoms with E-state index >= 15 is 0 Å². The molecule has 3 unspecified atom stereocenters. The molecule has 80 valence electrons. The van der Waals surface area contributed by atoms with Crippen LogP contribution in [0.4, 0.5) is 0 Å². The second-order valence-electron chi connectivity index (χ2n) is 2.68. The largest absolute Gasteiger partial charge is 0.394 e. The molecule has 0 fully saturated rings. The highest BCUT2D eigenvalue weighted by Crippen LogP contribution is 2.07. The minimum atomic E-state index is -0.936. The molecule has 0 aromatic carbocycles. The summed E-state index contributed by atoms with van der Waals surface area (Å²) in [6.45, 7) is 1.18. The molecule has 0 aliphatic rings. The molecular weight excluding hydrogens is 176 g/mol. The van der Waals surface area contributed by atoms with E-state index in [1.54, 1.807) is 0 Å². The molecule has 13 heavy (non-hydrogen) atoms. The molecule has 0 saturated carbocycles. The number of aliphatic hydroxyl groups excluding tert-OH is 3. The van der Waals surface area contributed by atoms with E-state index < -0.39 is 18.5 Å². The Morgan fingerprint density at radius 3 is 2.15 bits per heavy atom. The third kappa shape index (κ3) is 4.54. The highest BCUT2D eigenvalue weighted by molar-refractivity contribution is 4.66. The molecule has 0 saturated heterocycles. The summed E-state index contributed by atoms with van der Waals surface area (Å²) < 4.78 is 9.93. The maximum atomic E-state index is 9.25. The fourth-order valence-electron chi connectivity index (χ4n) is 0.945. The van der Waals surface area contributed by atoms with Gasteiger partial charge in [-0.15, -0.1) is 0 Å². The first-order valence-corrected chi connectivity index (χ1v) is 4.27. The molecule has 0 radical (unpaired) electrons. The fourth-order valence-corrected chi connectivity index (χ4v) is 0.945. The van der Waals surface area contributed by atoms with Gasteiger partial charge in [-0.05, 0) is 6.42 Å². The van der Waals surface area contributed by atoms with Crippen LogP contribution in [0.1, 0.15) is 13.3 Å². The first-order valence-electron chi connectivity index (χ1n) is 4.27. The zero-order chi connectivity index (χ0) is 10.3. The molecule has 0 aliphatic heterocycles. The second kappa shape index (κ2) is 7.23. The molecule has 0 rings (SSSR count). The quantitative estimate of drug-likeness (QED) is 0.458. The van der Waals surface area contributed by atoms with Crippen LogP contribution in [-0.4, -0.2) is 54.1 Å². The maximum absolute atomic E-state index is 9.25. The Labute approximate surface area is 77.9 Å². The average Bonchev–Trinajstić information content (AvgIpc) is 2.19. The van der Waals surface area contributed by atoms with E-state index in [-0.39, 0.29) is 13.2 Å². The molecule has 3 atom stereocenters. The van der Waals surface area contributed by atoms with Crippen molar-refractivity contribution < 1.29 is 24.8 Å². The van der Waals surface area contributed by atoms with Gasteiger partial charge in [-0.2, -0.15) is 0 Å². The van der Waals surface area contributed by atoms with Crippen molar-refractivity contribution in [3.63, 3.8) is 0 Å². The van der Waals surface area contributed by atoms with Gasteiger partial charge in [0.05, 0.1) is 19.3 Å². The lowest BCUT2D eigenvalue weighted by Crippen LogP contribution is -2.36. The smallest absolute Gasteiger partial charge is 0.180 e. The van der Waals surface area contributed by atoms with Crippen LogP contribution in [0.25, 0.3) is 0 Å². The molecule has 0 aliphatic carbocycles. The number of aliphatic hydroxyl groups is 3. The Balaban J connectivity index is 3.94. The Bertz CT molecular complexity index is 115. The number of ether oxygens (including phenoxy) is 2. The summed E-state index contributed by atoms with van der Waals surface area (Å²) in [7, 11) is 1.40. The zero-order valence-electron chi connectivity index (χ0n) is 8.01. The van der Waals surface area contributed by atoms with Gasteiger partial charge in [0.1, 0.15) is 6.10 Å². The van der Waals surface area contributed by atoms with Crippen LogP contribution in [0.5, 0.6) is 0 Å². The van der Waals surface area contributed by atoms with Gasteiger partial charge in [-0.3, -0.25) is 0 Å². The van der Waals surface area contributed by atoms with Gasteiger partial charge in [-0.25, -0.2) is 0 Å². The van der Waals surface area contributed by atoms with Gasteiger partial charge in [0.25, 0.3) is 0 Å². The van der Waals surface area contributed by atoms with E-state index in [0.717, 1.165) is 0 Å². The normalized spacial score (nSPS) is 18.2. The Morgan fingerprint density at radius 2 is 1.85 bits per heavy atom. The minimum Gasteiger partial charge on any atom is -0.394 e. The Hall–Kier alpha value is -0.200. The van der Waals surface area contributed by atoms with Crippen molar-refractivity contribution in [3.05, 3.63) is 0 Å². The Morgan fingerprint density at radius 1 is 1.23 bits per heavy atom. The van der Waals surface area contributed by atoms with Gasteiger partial charge in [0, 0.05) is 7.11 Å². The first-order chi connectivity index (χ1) is 6.19. The summed E-state index contributed by atoms with van der Waals surface area (Å²) in [5, 5.41) is 26.6. The summed E-state index contributed by atoms with van der Waals surface area (Å²) >= 11 is 0.